The third kappa shape index (κ3) is 2.02. The first-order chi connectivity index (χ1) is 9.16. The fraction of sp³-hybridized carbons (Fsp3) is 0.188. The second-order valence-electron chi connectivity index (χ2n) is 4.95. The van der Waals surface area contributed by atoms with Gasteiger partial charge in [-0.2, -0.15) is 0 Å². The van der Waals surface area contributed by atoms with E-state index in [2.05, 4.69) is 5.32 Å². The molecule has 0 fully saturated rings. The predicted octanol–water partition coefficient (Wildman–Crippen LogP) is 2.79. The lowest BCUT2D eigenvalue weighted by Gasteiger charge is -2.14. The fourth-order valence-corrected chi connectivity index (χ4v) is 2.48. The van der Waals surface area contributed by atoms with Crippen molar-refractivity contribution in [3.05, 3.63) is 65.2 Å². The molecule has 0 saturated heterocycles. The molecule has 3 rings (SSSR count). The Kier molecular flexibility index (Phi) is 2.84. The van der Waals surface area contributed by atoms with Crippen LogP contribution >= 0.6 is 0 Å². The van der Waals surface area contributed by atoms with Gasteiger partial charge in [0.2, 0.25) is 5.91 Å². The number of amides is 1. The Bertz CT molecular complexity index is 622. The molecule has 3 N–H and O–H groups in total. The van der Waals surface area contributed by atoms with Crippen LogP contribution in [0.3, 0.4) is 0 Å². The van der Waals surface area contributed by atoms with Crippen LogP contribution in [0.1, 0.15) is 35.6 Å². The molecule has 3 heteroatoms. The number of carbonyl (C=O) groups is 1. The Morgan fingerprint density at radius 2 is 1.84 bits per heavy atom. The summed E-state index contributed by atoms with van der Waals surface area (Å²) in [5.74, 6) is -0.0432. The van der Waals surface area contributed by atoms with Crippen molar-refractivity contribution in [2.45, 2.75) is 18.9 Å². The molecule has 1 aliphatic rings. The minimum absolute atomic E-state index is 0.0560. The molecular weight excluding hydrogens is 236 g/mol. The molecule has 1 amide bonds. The average molecular weight is 252 g/mol. The average Bonchev–Trinajstić information content (AvgIpc) is 2.74. The highest BCUT2D eigenvalue weighted by Gasteiger charge is 2.27. The number of rotatable bonds is 2. The third-order valence-electron chi connectivity index (χ3n) is 3.71. The van der Waals surface area contributed by atoms with Crippen molar-refractivity contribution in [1.29, 1.82) is 0 Å². The zero-order chi connectivity index (χ0) is 13.4. The minimum Gasteiger partial charge on any atom is -0.325 e. The number of hydrogen-bond acceptors (Lipinski definition) is 2. The van der Waals surface area contributed by atoms with Gasteiger partial charge >= 0.3 is 0 Å². The Morgan fingerprint density at radius 3 is 2.58 bits per heavy atom. The van der Waals surface area contributed by atoms with Crippen LogP contribution in [0.2, 0.25) is 0 Å². The van der Waals surface area contributed by atoms with Gasteiger partial charge in [-0.25, -0.2) is 0 Å². The molecule has 0 aliphatic carbocycles. The largest absolute Gasteiger partial charge is 0.325 e. The molecule has 0 aromatic heterocycles. The third-order valence-corrected chi connectivity index (χ3v) is 3.71. The second kappa shape index (κ2) is 4.52. The highest BCUT2D eigenvalue weighted by molar-refractivity contribution is 6.02. The van der Waals surface area contributed by atoms with Gasteiger partial charge in [0.1, 0.15) is 0 Å². The Morgan fingerprint density at radius 1 is 1.11 bits per heavy atom. The van der Waals surface area contributed by atoms with E-state index in [1.54, 1.807) is 0 Å². The van der Waals surface area contributed by atoms with Crippen LogP contribution in [0.15, 0.2) is 48.5 Å². The molecule has 0 saturated carbocycles. The van der Waals surface area contributed by atoms with Crippen molar-refractivity contribution >= 4 is 11.6 Å². The van der Waals surface area contributed by atoms with Crippen molar-refractivity contribution < 1.29 is 4.79 Å². The van der Waals surface area contributed by atoms with E-state index >= 15 is 0 Å². The smallest absolute Gasteiger partial charge is 0.231 e. The van der Waals surface area contributed by atoms with Gasteiger partial charge in [-0.1, -0.05) is 42.5 Å². The van der Waals surface area contributed by atoms with E-state index in [1.165, 1.54) is 0 Å². The fourth-order valence-electron chi connectivity index (χ4n) is 2.48. The summed E-state index contributed by atoms with van der Waals surface area (Å²) in [5.41, 5.74) is 10.3. The molecule has 2 aromatic carbocycles. The van der Waals surface area contributed by atoms with Gasteiger partial charge in [-0.05, 0) is 29.7 Å². The maximum Gasteiger partial charge on any atom is 0.231 e. The molecule has 1 aliphatic heterocycles. The quantitative estimate of drug-likeness (QED) is 0.863. The minimum atomic E-state index is -0.158. The van der Waals surface area contributed by atoms with E-state index in [0.29, 0.717) is 0 Å². The van der Waals surface area contributed by atoms with Crippen LogP contribution in [0.25, 0.3) is 0 Å². The van der Waals surface area contributed by atoms with E-state index in [4.69, 9.17) is 5.73 Å². The van der Waals surface area contributed by atoms with E-state index < -0.39 is 0 Å². The molecule has 3 nitrogen and oxygen atoms in total. The number of benzene rings is 2. The lowest BCUT2D eigenvalue weighted by atomic mass is 9.94. The van der Waals surface area contributed by atoms with Crippen LogP contribution in [-0.4, -0.2) is 5.91 Å². The number of nitrogens with one attached hydrogen (secondary N) is 1. The summed E-state index contributed by atoms with van der Waals surface area (Å²) >= 11 is 0. The van der Waals surface area contributed by atoms with Gasteiger partial charge in [0.25, 0.3) is 0 Å². The van der Waals surface area contributed by atoms with Crippen LogP contribution in [0.5, 0.6) is 0 Å². The lowest BCUT2D eigenvalue weighted by molar-refractivity contribution is -0.116. The van der Waals surface area contributed by atoms with Crippen molar-refractivity contribution in [3.63, 3.8) is 0 Å². The first-order valence-electron chi connectivity index (χ1n) is 6.42. The molecule has 2 unspecified atom stereocenters. The van der Waals surface area contributed by atoms with E-state index in [0.717, 1.165) is 22.4 Å². The summed E-state index contributed by atoms with van der Waals surface area (Å²) in [6.07, 6.45) is 0. The predicted molar refractivity (Wildman–Crippen MR) is 76.0 cm³/mol. The van der Waals surface area contributed by atoms with Crippen LogP contribution in [0.4, 0.5) is 5.69 Å². The Labute approximate surface area is 112 Å². The highest BCUT2D eigenvalue weighted by Crippen LogP contribution is 2.34. The summed E-state index contributed by atoms with van der Waals surface area (Å²) in [6.45, 7) is 1.92. The topological polar surface area (TPSA) is 55.1 Å². The first-order valence-corrected chi connectivity index (χ1v) is 6.42. The summed E-state index contributed by atoms with van der Waals surface area (Å²) in [4.78, 5) is 11.6. The van der Waals surface area contributed by atoms with Crippen LogP contribution < -0.4 is 11.1 Å². The Balaban J connectivity index is 1.98. The van der Waals surface area contributed by atoms with Crippen molar-refractivity contribution in [2.75, 3.05) is 5.32 Å². The Hall–Kier alpha value is -2.13. The van der Waals surface area contributed by atoms with Gasteiger partial charge in [-0.15, -0.1) is 0 Å². The van der Waals surface area contributed by atoms with Crippen LogP contribution in [0, 0.1) is 0 Å². The number of hydrogen-bond donors (Lipinski definition) is 2. The van der Waals surface area contributed by atoms with Gasteiger partial charge in [0.15, 0.2) is 0 Å². The number of fused-ring (bicyclic) bond motifs is 1. The van der Waals surface area contributed by atoms with E-state index in [-0.39, 0.29) is 17.9 Å². The van der Waals surface area contributed by atoms with Gasteiger partial charge in [-0.3, -0.25) is 4.79 Å². The zero-order valence-electron chi connectivity index (χ0n) is 10.8. The second-order valence-corrected chi connectivity index (χ2v) is 4.95. The first kappa shape index (κ1) is 11.9. The number of nitrogens with two attached hydrogens (primary N) is 1. The molecule has 2 atom stereocenters. The monoisotopic (exact) mass is 252 g/mol. The van der Waals surface area contributed by atoms with Gasteiger partial charge < -0.3 is 11.1 Å². The maximum absolute atomic E-state index is 11.6. The van der Waals surface area contributed by atoms with Crippen molar-refractivity contribution in [3.8, 4) is 0 Å². The highest BCUT2D eigenvalue weighted by atomic mass is 16.2. The molecule has 1 heterocycles. The molecule has 0 bridgehead atoms. The standard InChI is InChI=1S/C16H16N2O/c1-10-13-9-12(7-8-14(13)18-16(10)19)15(17)11-5-3-2-4-6-11/h2-10,15H,17H2,1H3,(H,18,19). The van der Waals surface area contributed by atoms with E-state index in [9.17, 15) is 4.79 Å². The molecule has 2 aromatic rings. The van der Waals surface area contributed by atoms with E-state index in [1.807, 2.05) is 55.5 Å². The molecule has 0 radical (unpaired) electrons. The molecular formula is C16H16N2O. The van der Waals surface area contributed by atoms with Crippen molar-refractivity contribution in [2.24, 2.45) is 5.73 Å². The number of anilines is 1. The summed E-state index contributed by atoms with van der Waals surface area (Å²) in [5, 5.41) is 2.87. The number of carbonyl (C=O) groups excluding carboxylic acids is 1. The molecule has 96 valence electrons. The van der Waals surface area contributed by atoms with Gasteiger partial charge in [0, 0.05) is 5.69 Å². The summed E-state index contributed by atoms with van der Waals surface area (Å²) < 4.78 is 0. The SMILES string of the molecule is CC1C(=O)Nc2ccc(C(N)c3ccccc3)cc21. The van der Waals surface area contributed by atoms with Crippen LogP contribution in [-0.2, 0) is 4.79 Å². The zero-order valence-corrected chi connectivity index (χ0v) is 10.8. The maximum atomic E-state index is 11.6. The van der Waals surface area contributed by atoms with Crippen molar-refractivity contribution in [1.82, 2.24) is 0 Å². The summed E-state index contributed by atoms with van der Waals surface area (Å²) in [7, 11) is 0. The lowest BCUT2D eigenvalue weighted by Crippen LogP contribution is -2.12. The van der Waals surface area contributed by atoms with Gasteiger partial charge in [0.05, 0.1) is 12.0 Å². The molecule has 19 heavy (non-hydrogen) atoms. The normalized spacial score (nSPS) is 18.8. The summed E-state index contributed by atoms with van der Waals surface area (Å²) in [6, 6.07) is 15.8. The molecule has 0 spiro atoms.